The average Bonchev–Trinajstić information content (AvgIpc) is 2.36. The molecule has 1 rings (SSSR count). The van der Waals surface area contributed by atoms with Crippen LogP contribution in [0.4, 0.5) is 0 Å². The van der Waals surface area contributed by atoms with Crippen molar-refractivity contribution >= 4 is 26.9 Å². The van der Waals surface area contributed by atoms with Gasteiger partial charge in [-0.05, 0) is 65.2 Å². The SMILES string of the molecule is CC(C)(C)OC#C[C@H](N[S@@](=O)C(C)(C)C)c1ccc(Br)cc1. The van der Waals surface area contributed by atoms with Gasteiger partial charge in [-0.25, -0.2) is 8.93 Å². The number of hydrogen-bond donors (Lipinski definition) is 1. The largest absolute Gasteiger partial charge is 0.441 e. The van der Waals surface area contributed by atoms with Gasteiger partial charge in [0.1, 0.15) is 17.7 Å². The van der Waals surface area contributed by atoms with Crippen LogP contribution in [0, 0.1) is 12.0 Å². The van der Waals surface area contributed by atoms with E-state index in [1.165, 1.54) is 0 Å². The van der Waals surface area contributed by atoms with Crippen molar-refractivity contribution in [2.75, 3.05) is 0 Å². The first kappa shape index (κ1) is 19.2. The van der Waals surface area contributed by atoms with E-state index in [0.29, 0.717) is 0 Å². The van der Waals surface area contributed by atoms with E-state index in [1.807, 2.05) is 65.8 Å². The lowest BCUT2D eigenvalue weighted by Gasteiger charge is -2.22. The predicted molar refractivity (Wildman–Crippen MR) is 96.5 cm³/mol. The second-order valence-electron chi connectivity index (χ2n) is 6.94. The second-order valence-corrected chi connectivity index (χ2v) is 9.86. The number of nitrogens with one attached hydrogen (secondary N) is 1. The summed E-state index contributed by atoms with van der Waals surface area (Å²) in [7, 11) is -1.22. The summed E-state index contributed by atoms with van der Waals surface area (Å²) in [6.07, 6.45) is 2.74. The van der Waals surface area contributed by atoms with Crippen molar-refractivity contribution < 1.29 is 8.95 Å². The predicted octanol–water partition coefficient (Wildman–Crippen LogP) is 4.32. The fourth-order valence-corrected chi connectivity index (χ4v) is 2.39. The van der Waals surface area contributed by atoms with Gasteiger partial charge in [0.15, 0.2) is 0 Å². The first-order chi connectivity index (χ1) is 9.99. The molecule has 0 unspecified atom stereocenters. The standard InChI is InChI=1S/C17H24BrNO2S/c1-16(2,3)21-12-11-15(19-22(20)17(4,5)6)13-7-9-14(18)10-8-13/h7-10,15,19H,1-6H3/t15-,22-/m0/s1. The molecule has 0 amide bonds. The van der Waals surface area contributed by atoms with E-state index < -0.39 is 11.0 Å². The molecule has 0 saturated carbocycles. The van der Waals surface area contributed by atoms with Crippen molar-refractivity contribution in [2.24, 2.45) is 0 Å². The van der Waals surface area contributed by atoms with E-state index in [4.69, 9.17) is 4.74 Å². The monoisotopic (exact) mass is 385 g/mol. The molecule has 0 saturated heterocycles. The van der Waals surface area contributed by atoms with Gasteiger partial charge in [-0.3, -0.25) is 0 Å². The Labute approximate surface area is 144 Å². The van der Waals surface area contributed by atoms with Crippen LogP contribution in [-0.2, 0) is 15.7 Å². The molecule has 0 aromatic heterocycles. The van der Waals surface area contributed by atoms with E-state index in [2.05, 4.69) is 32.7 Å². The van der Waals surface area contributed by atoms with E-state index in [9.17, 15) is 4.21 Å². The quantitative estimate of drug-likeness (QED) is 0.786. The molecule has 0 fully saturated rings. The zero-order valence-electron chi connectivity index (χ0n) is 14.0. The summed E-state index contributed by atoms with van der Waals surface area (Å²) in [6, 6.07) is 7.43. The van der Waals surface area contributed by atoms with E-state index >= 15 is 0 Å². The van der Waals surface area contributed by atoms with Gasteiger partial charge < -0.3 is 4.74 Å². The summed E-state index contributed by atoms with van der Waals surface area (Å²) >= 11 is 3.41. The molecule has 0 bridgehead atoms. The van der Waals surface area contributed by atoms with Gasteiger partial charge in [0, 0.05) is 4.47 Å². The van der Waals surface area contributed by atoms with Crippen LogP contribution in [0.2, 0.25) is 0 Å². The van der Waals surface area contributed by atoms with Gasteiger partial charge in [0.25, 0.3) is 0 Å². The Morgan fingerprint density at radius 3 is 2.14 bits per heavy atom. The Morgan fingerprint density at radius 2 is 1.68 bits per heavy atom. The van der Waals surface area contributed by atoms with Crippen LogP contribution < -0.4 is 4.72 Å². The zero-order valence-corrected chi connectivity index (χ0v) is 16.4. The highest BCUT2D eigenvalue weighted by Crippen LogP contribution is 2.19. The summed E-state index contributed by atoms with van der Waals surface area (Å²) in [5, 5.41) is 0. The van der Waals surface area contributed by atoms with Gasteiger partial charge in [-0.15, -0.1) is 0 Å². The van der Waals surface area contributed by atoms with Gasteiger partial charge in [0.05, 0.1) is 15.7 Å². The maximum absolute atomic E-state index is 12.4. The Hall–Kier alpha value is -0.830. The fourth-order valence-electron chi connectivity index (χ4n) is 1.36. The summed E-state index contributed by atoms with van der Waals surface area (Å²) in [5.41, 5.74) is 0.617. The Kier molecular flexibility index (Phi) is 6.66. The Balaban J connectivity index is 3.00. The third-order valence-electron chi connectivity index (χ3n) is 2.54. The molecule has 2 atom stereocenters. The molecule has 22 heavy (non-hydrogen) atoms. The molecule has 122 valence electrons. The smallest absolute Gasteiger partial charge is 0.112 e. The third kappa shape index (κ3) is 6.95. The topological polar surface area (TPSA) is 38.3 Å². The highest BCUT2D eigenvalue weighted by molar-refractivity contribution is 9.10. The first-order valence-electron chi connectivity index (χ1n) is 7.11. The minimum Gasteiger partial charge on any atom is -0.441 e. The average molecular weight is 386 g/mol. The fraction of sp³-hybridized carbons (Fsp3) is 0.529. The lowest BCUT2D eigenvalue weighted by molar-refractivity contribution is 0.0960. The molecule has 0 spiro atoms. The maximum Gasteiger partial charge on any atom is 0.112 e. The molecular formula is C17H24BrNO2S. The molecule has 1 N–H and O–H groups in total. The lowest BCUT2D eigenvalue weighted by Crippen LogP contribution is -2.35. The molecule has 0 aliphatic carbocycles. The molecule has 1 aromatic carbocycles. The number of benzene rings is 1. The molecule has 1 aromatic rings. The summed E-state index contributed by atoms with van der Waals surface area (Å²) < 4.78 is 21.5. The minimum atomic E-state index is -1.22. The highest BCUT2D eigenvalue weighted by Gasteiger charge is 2.23. The van der Waals surface area contributed by atoms with Crippen molar-refractivity contribution in [1.82, 2.24) is 4.72 Å². The first-order valence-corrected chi connectivity index (χ1v) is 9.05. The van der Waals surface area contributed by atoms with Crippen LogP contribution in [-0.4, -0.2) is 14.6 Å². The molecule has 0 aliphatic heterocycles. The van der Waals surface area contributed by atoms with Crippen molar-refractivity contribution in [3.63, 3.8) is 0 Å². The van der Waals surface area contributed by atoms with Crippen LogP contribution in [0.3, 0.4) is 0 Å². The molecular weight excluding hydrogens is 362 g/mol. The number of rotatable bonds is 3. The summed E-state index contributed by atoms with van der Waals surface area (Å²) in [4.78, 5) is 0. The molecule has 0 radical (unpaired) electrons. The summed E-state index contributed by atoms with van der Waals surface area (Å²) in [6.45, 7) is 11.6. The van der Waals surface area contributed by atoms with Crippen LogP contribution in [0.25, 0.3) is 0 Å². The Bertz CT molecular complexity index is 574. The molecule has 3 nitrogen and oxygen atoms in total. The zero-order chi connectivity index (χ0) is 17.0. The van der Waals surface area contributed by atoms with Crippen LogP contribution in [0.15, 0.2) is 28.7 Å². The van der Waals surface area contributed by atoms with Crippen LogP contribution in [0.1, 0.15) is 53.1 Å². The van der Waals surface area contributed by atoms with Gasteiger partial charge in [0.2, 0.25) is 0 Å². The van der Waals surface area contributed by atoms with Crippen molar-refractivity contribution in [2.45, 2.75) is 57.9 Å². The minimum absolute atomic E-state index is 0.333. The van der Waals surface area contributed by atoms with Gasteiger partial charge >= 0.3 is 0 Å². The maximum atomic E-state index is 12.4. The van der Waals surface area contributed by atoms with Crippen molar-refractivity contribution in [3.05, 3.63) is 34.3 Å². The van der Waals surface area contributed by atoms with E-state index in [0.717, 1.165) is 10.0 Å². The van der Waals surface area contributed by atoms with Crippen molar-refractivity contribution in [3.8, 4) is 12.0 Å². The third-order valence-corrected chi connectivity index (χ3v) is 4.64. The highest BCUT2D eigenvalue weighted by atomic mass is 79.9. The normalized spacial score (nSPS) is 14.7. The molecule has 5 heteroatoms. The van der Waals surface area contributed by atoms with Gasteiger partial charge in [-0.2, -0.15) is 0 Å². The molecule has 0 aliphatic rings. The summed E-state index contributed by atoms with van der Waals surface area (Å²) in [5.74, 6) is 3.02. The van der Waals surface area contributed by atoms with Crippen molar-refractivity contribution in [1.29, 1.82) is 0 Å². The van der Waals surface area contributed by atoms with E-state index in [-0.39, 0.29) is 16.4 Å². The number of hydrogen-bond acceptors (Lipinski definition) is 2. The second kappa shape index (κ2) is 7.63. The Morgan fingerprint density at radius 1 is 1.14 bits per heavy atom. The van der Waals surface area contributed by atoms with Crippen LogP contribution in [0.5, 0.6) is 0 Å². The molecule has 0 heterocycles. The van der Waals surface area contributed by atoms with Crippen LogP contribution >= 0.6 is 15.9 Å². The van der Waals surface area contributed by atoms with Gasteiger partial charge in [-0.1, -0.05) is 28.1 Å². The number of halogens is 1. The lowest BCUT2D eigenvalue weighted by atomic mass is 10.1. The number of ether oxygens (including phenoxy) is 1. The van der Waals surface area contributed by atoms with E-state index in [1.54, 1.807) is 0 Å².